The van der Waals surface area contributed by atoms with Crippen LogP contribution in [0.5, 0.6) is 11.5 Å². The van der Waals surface area contributed by atoms with Gasteiger partial charge in [-0.25, -0.2) is 0 Å². The normalized spacial score (nSPS) is 12.3. The zero-order chi connectivity index (χ0) is 17.5. The summed E-state index contributed by atoms with van der Waals surface area (Å²) in [4.78, 5) is 23.4. The second-order valence-corrected chi connectivity index (χ2v) is 5.48. The Morgan fingerprint density at radius 1 is 1.17 bits per heavy atom. The van der Waals surface area contributed by atoms with Gasteiger partial charge in [0.05, 0.1) is 19.1 Å². The van der Waals surface area contributed by atoms with Crippen molar-refractivity contribution in [2.75, 3.05) is 7.11 Å². The molecule has 0 fully saturated rings. The first-order valence-electron chi connectivity index (χ1n) is 7.70. The fourth-order valence-electron chi connectivity index (χ4n) is 2.29. The monoisotopic (exact) mass is 323 g/mol. The molecule has 1 rings (SSSR count). The molecule has 1 amide bonds. The molecule has 6 nitrogen and oxygen atoms in total. The zero-order valence-electron chi connectivity index (χ0n) is 14.1. The minimum Gasteiger partial charge on any atom is -0.497 e. The Kier molecular flexibility index (Phi) is 6.88. The number of carboxylic acids is 1. The maximum atomic E-state index is 12.3. The molecule has 23 heavy (non-hydrogen) atoms. The number of hydrogen-bond acceptors (Lipinski definition) is 4. The average Bonchev–Trinajstić information content (AvgIpc) is 2.54. The van der Waals surface area contributed by atoms with Crippen LogP contribution in [0, 0.1) is 0 Å². The molecule has 1 aromatic carbocycles. The molecule has 128 valence electrons. The van der Waals surface area contributed by atoms with Crippen molar-refractivity contribution >= 4 is 11.9 Å². The Morgan fingerprint density at radius 3 is 2.13 bits per heavy atom. The van der Waals surface area contributed by atoms with Crippen LogP contribution in [0.15, 0.2) is 24.3 Å². The van der Waals surface area contributed by atoms with Crippen molar-refractivity contribution in [3.05, 3.63) is 24.3 Å². The number of carboxylic acid groups (broad SMARTS) is 1. The van der Waals surface area contributed by atoms with Gasteiger partial charge < -0.3 is 19.9 Å². The van der Waals surface area contributed by atoms with E-state index in [9.17, 15) is 9.59 Å². The van der Waals surface area contributed by atoms with E-state index in [0.29, 0.717) is 24.3 Å². The van der Waals surface area contributed by atoms with E-state index < -0.39 is 17.6 Å². The van der Waals surface area contributed by atoms with E-state index in [0.717, 1.165) is 0 Å². The van der Waals surface area contributed by atoms with Crippen LogP contribution < -0.4 is 14.8 Å². The Hall–Kier alpha value is -2.24. The van der Waals surface area contributed by atoms with Crippen molar-refractivity contribution in [1.82, 2.24) is 5.32 Å². The summed E-state index contributed by atoms with van der Waals surface area (Å²) < 4.78 is 10.7. The Labute approximate surface area is 136 Å². The summed E-state index contributed by atoms with van der Waals surface area (Å²) >= 11 is 0. The summed E-state index contributed by atoms with van der Waals surface area (Å²) in [5, 5.41) is 11.9. The Bertz CT molecular complexity index is 522. The van der Waals surface area contributed by atoms with Crippen molar-refractivity contribution in [2.45, 2.75) is 51.7 Å². The van der Waals surface area contributed by atoms with Crippen molar-refractivity contribution in [1.29, 1.82) is 0 Å². The van der Waals surface area contributed by atoms with E-state index in [1.54, 1.807) is 38.3 Å². The van der Waals surface area contributed by atoms with Gasteiger partial charge >= 0.3 is 5.97 Å². The first kappa shape index (κ1) is 18.8. The van der Waals surface area contributed by atoms with Gasteiger partial charge in [-0.05, 0) is 44.0 Å². The number of ether oxygens (including phenoxy) is 2. The molecule has 0 saturated carbocycles. The highest BCUT2D eigenvalue weighted by Crippen LogP contribution is 2.21. The summed E-state index contributed by atoms with van der Waals surface area (Å²) in [5.74, 6) is -0.0133. The Balaban J connectivity index is 2.72. The minimum atomic E-state index is -0.933. The molecule has 1 aromatic rings. The molecule has 0 aliphatic heterocycles. The van der Waals surface area contributed by atoms with Crippen LogP contribution in [0.3, 0.4) is 0 Å². The number of aliphatic carboxylic acids is 1. The van der Waals surface area contributed by atoms with Crippen molar-refractivity contribution < 1.29 is 24.2 Å². The molecule has 0 aliphatic carbocycles. The van der Waals surface area contributed by atoms with E-state index in [-0.39, 0.29) is 12.3 Å². The molecular formula is C17H25NO5. The SMILES string of the molecule is CCC(CC)(CC(=O)O)NC(=O)C(C)Oc1ccc(OC)cc1. The van der Waals surface area contributed by atoms with Crippen LogP contribution in [0.1, 0.15) is 40.0 Å². The highest BCUT2D eigenvalue weighted by molar-refractivity contribution is 5.82. The molecule has 0 radical (unpaired) electrons. The smallest absolute Gasteiger partial charge is 0.305 e. The highest BCUT2D eigenvalue weighted by Gasteiger charge is 2.32. The standard InChI is InChI=1S/C17H25NO5/c1-5-17(6-2,11-15(19)20)18-16(21)12(3)23-14-9-7-13(22-4)8-10-14/h7-10,12H,5-6,11H2,1-4H3,(H,18,21)(H,19,20). The van der Waals surface area contributed by atoms with Gasteiger partial charge in [0.1, 0.15) is 11.5 Å². The molecule has 0 heterocycles. The van der Waals surface area contributed by atoms with Crippen molar-refractivity contribution in [3.8, 4) is 11.5 Å². The lowest BCUT2D eigenvalue weighted by molar-refractivity contribution is -0.139. The average molecular weight is 323 g/mol. The molecule has 0 aromatic heterocycles. The lowest BCUT2D eigenvalue weighted by Gasteiger charge is -2.32. The molecule has 1 unspecified atom stereocenters. The maximum absolute atomic E-state index is 12.3. The van der Waals surface area contributed by atoms with Gasteiger partial charge in [0, 0.05) is 0 Å². The highest BCUT2D eigenvalue weighted by atomic mass is 16.5. The molecule has 6 heteroatoms. The van der Waals surface area contributed by atoms with E-state index >= 15 is 0 Å². The number of carbonyl (C=O) groups excluding carboxylic acids is 1. The van der Waals surface area contributed by atoms with Gasteiger partial charge in [0.25, 0.3) is 5.91 Å². The van der Waals surface area contributed by atoms with E-state index in [4.69, 9.17) is 14.6 Å². The third-order valence-corrected chi connectivity index (χ3v) is 3.97. The van der Waals surface area contributed by atoms with Gasteiger partial charge in [-0.15, -0.1) is 0 Å². The molecule has 2 N–H and O–H groups in total. The van der Waals surface area contributed by atoms with Crippen molar-refractivity contribution in [2.24, 2.45) is 0 Å². The number of amides is 1. The molecular weight excluding hydrogens is 298 g/mol. The number of rotatable bonds is 9. The summed E-state index contributed by atoms with van der Waals surface area (Å²) in [7, 11) is 1.57. The fraction of sp³-hybridized carbons (Fsp3) is 0.529. The third kappa shape index (κ3) is 5.47. The number of methoxy groups -OCH3 is 1. The van der Waals surface area contributed by atoms with Gasteiger partial charge in [-0.2, -0.15) is 0 Å². The largest absolute Gasteiger partial charge is 0.497 e. The first-order valence-corrected chi connectivity index (χ1v) is 7.70. The topological polar surface area (TPSA) is 84.9 Å². The van der Waals surface area contributed by atoms with Gasteiger partial charge in [0.2, 0.25) is 0 Å². The molecule has 0 spiro atoms. The molecule has 0 saturated heterocycles. The molecule has 1 atom stereocenters. The number of hydrogen-bond donors (Lipinski definition) is 2. The second-order valence-electron chi connectivity index (χ2n) is 5.48. The van der Waals surface area contributed by atoms with E-state index in [1.807, 2.05) is 13.8 Å². The summed E-state index contributed by atoms with van der Waals surface area (Å²) in [6.45, 7) is 5.36. The predicted molar refractivity (Wildman–Crippen MR) is 86.8 cm³/mol. The van der Waals surface area contributed by atoms with E-state index in [1.165, 1.54) is 0 Å². The van der Waals surface area contributed by atoms with Crippen LogP contribution in [0.4, 0.5) is 0 Å². The van der Waals surface area contributed by atoms with Crippen LogP contribution in [0.25, 0.3) is 0 Å². The van der Waals surface area contributed by atoms with Gasteiger partial charge in [-0.1, -0.05) is 13.8 Å². The summed E-state index contributed by atoms with van der Waals surface area (Å²) in [5.41, 5.74) is -0.750. The predicted octanol–water partition coefficient (Wildman–Crippen LogP) is 2.61. The van der Waals surface area contributed by atoms with Gasteiger partial charge in [0.15, 0.2) is 6.10 Å². The van der Waals surface area contributed by atoms with E-state index in [2.05, 4.69) is 5.32 Å². The quantitative estimate of drug-likeness (QED) is 0.729. The fourth-order valence-corrected chi connectivity index (χ4v) is 2.29. The van der Waals surface area contributed by atoms with Crippen LogP contribution in [-0.4, -0.2) is 35.7 Å². The molecule has 0 aliphatic rings. The summed E-state index contributed by atoms with van der Waals surface area (Å²) in [6, 6.07) is 6.92. The van der Waals surface area contributed by atoms with Gasteiger partial charge in [-0.3, -0.25) is 9.59 Å². The molecule has 0 bridgehead atoms. The Morgan fingerprint density at radius 2 is 1.70 bits per heavy atom. The first-order chi connectivity index (χ1) is 10.9. The number of nitrogens with one attached hydrogen (secondary N) is 1. The number of benzene rings is 1. The lowest BCUT2D eigenvalue weighted by atomic mass is 9.88. The van der Waals surface area contributed by atoms with Crippen LogP contribution in [0.2, 0.25) is 0 Å². The van der Waals surface area contributed by atoms with Crippen molar-refractivity contribution in [3.63, 3.8) is 0 Å². The van der Waals surface area contributed by atoms with Crippen LogP contribution >= 0.6 is 0 Å². The third-order valence-electron chi connectivity index (χ3n) is 3.97. The maximum Gasteiger partial charge on any atom is 0.305 e. The summed E-state index contributed by atoms with van der Waals surface area (Å²) in [6.07, 6.45) is 0.240. The van der Waals surface area contributed by atoms with Crippen LogP contribution in [-0.2, 0) is 9.59 Å². The zero-order valence-corrected chi connectivity index (χ0v) is 14.1. The second kappa shape index (κ2) is 8.41. The minimum absolute atomic E-state index is 0.110. The lowest BCUT2D eigenvalue weighted by Crippen LogP contribution is -2.52. The number of carbonyl (C=O) groups is 2.